The van der Waals surface area contributed by atoms with E-state index >= 15 is 0 Å². The first-order chi connectivity index (χ1) is 12.2. The molecule has 1 nitrogen and oxygen atoms in total. The summed E-state index contributed by atoms with van der Waals surface area (Å²) in [5.41, 5.74) is 3.96. The van der Waals surface area contributed by atoms with Crippen molar-refractivity contribution in [1.29, 1.82) is 0 Å². The Labute approximate surface area is 155 Å². The summed E-state index contributed by atoms with van der Waals surface area (Å²) in [6.07, 6.45) is 0. The van der Waals surface area contributed by atoms with Gasteiger partial charge in [-0.2, -0.15) is 0 Å². The molecular formula is C24H27FO. The SMILES string of the molecule is COc1cc(F)c(C(C)C)cc1-c1cc2ccccc2cc1C(C)(C)C. The molecule has 0 bridgehead atoms. The van der Waals surface area contributed by atoms with Gasteiger partial charge in [0.15, 0.2) is 0 Å². The molecule has 0 aliphatic carbocycles. The molecule has 0 saturated carbocycles. The number of rotatable bonds is 3. The van der Waals surface area contributed by atoms with Crippen LogP contribution in [0.15, 0.2) is 48.5 Å². The van der Waals surface area contributed by atoms with Gasteiger partial charge in [-0.1, -0.05) is 65.0 Å². The predicted octanol–water partition coefficient (Wildman–Crippen LogP) is 7.08. The van der Waals surface area contributed by atoms with Crippen LogP contribution in [0.25, 0.3) is 21.9 Å². The van der Waals surface area contributed by atoms with Gasteiger partial charge in [-0.15, -0.1) is 0 Å². The van der Waals surface area contributed by atoms with Crippen molar-refractivity contribution >= 4 is 10.8 Å². The molecule has 3 aromatic rings. The molecule has 0 spiro atoms. The van der Waals surface area contributed by atoms with Gasteiger partial charge in [-0.05, 0) is 50.9 Å². The smallest absolute Gasteiger partial charge is 0.130 e. The maximum atomic E-state index is 14.5. The first kappa shape index (κ1) is 18.4. The molecule has 3 rings (SSSR count). The van der Waals surface area contributed by atoms with Gasteiger partial charge in [0.05, 0.1) is 7.11 Å². The van der Waals surface area contributed by atoms with Gasteiger partial charge in [-0.25, -0.2) is 4.39 Å². The summed E-state index contributed by atoms with van der Waals surface area (Å²) >= 11 is 0. The number of halogens is 1. The summed E-state index contributed by atoms with van der Waals surface area (Å²) in [6.45, 7) is 10.7. The Hall–Kier alpha value is -2.35. The summed E-state index contributed by atoms with van der Waals surface area (Å²) in [4.78, 5) is 0. The molecule has 0 amide bonds. The average molecular weight is 350 g/mol. The lowest BCUT2D eigenvalue weighted by Gasteiger charge is -2.25. The molecule has 26 heavy (non-hydrogen) atoms. The molecule has 0 aliphatic heterocycles. The van der Waals surface area contributed by atoms with Crippen molar-refractivity contribution in [1.82, 2.24) is 0 Å². The zero-order valence-corrected chi connectivity index (χ0v) is 16.5. The van der Waals surface area contributed by atoms with Crippen molar-refractivity contribution in [2.45, 2.75) is 46.0 Å². The van der Waals surface area contributed by atoms with E-state index in [0.29, 0.717) is 11.3 Å². The largest absolute Gasteiger partial charge is 0.496 e. The third-order valence-corrected chi connectivity index (χ3v) is 4.92. The highest BCUT2D eigenvalue weighted by Crippen LogP contribution is 2.41. The van der Waals surface area contributed by atoms with Crippen molar-refractivity contribution < 1.29 is 9.13 Å². The number of benzene rings is 3. The zero-order chi connectivity index (χ0) is 19.1. The van der Waals surface area contributed by atoms with E-state index in [1.807, 2.05) is 26.0 Å². The van der Waals surface area contributed by atoms with Gasteiger partial charge >= 0.3 is 0 Å². The molecule has 0 N–H and O–H groups in total. The maximum absolute atomic E-state index is 14.5. The van der Waals surface area contributed by atoms with Crippen LogP contribution in [0.3, 0.4) is 0 Å². The van der Waals surface area contributed by atoms with E-state index in [2.05, 4.69) is 51.1 Å². The van der Waals surface area contributed by atoms with Crippen LogP contribution in [0.1, 0.15) is 51.7 Å². The standard InChI is InChI=1S/C24H27FO/c1-15(2)18-13-20(23(26-6)14-22(18)25)19-11-16-9-7-8-10-17(16)12-21(19)24(3,4)5/h7-15H,1-6H3. The highest BCUT2D eigenvalue weighted by molar-refractivity contribution is 5.91. The van der Waals surface area contributed by atoms with E-state index in [1.165, 1.54) is 22.4 Å². The van der Waals surface area contributed by atoms with Gasteiger partial charge in [-0.3, -0.25) is 0 Å². The second-order valence-electron chi connectivity index (χ2n) is 8.22. The minimum Gasteiger partial charge on any atom is -0.496 e. The molecule has 0 fully saturated rings. The van der Waals surface area contributed by atoms with E-state index in [9.17, 15) is 4.39 Å². The Balaban J connectivity index is 2.38. The highest BCUT2D eigenvalue weighted by Gasteiger charge is 2.23. The van der Waals surface area contributed by atoms with Crippen LogP contribution in [0.4, 0.5) is 4.39 Å². The summed E-state index contributed by atoms with van der Waals surface area (Å²) < 4.78 is 20.0. The quantitative estimate of drug-likeness (QED) is 0.490. The van der Waals surface area contributed by atoms with E-state index < -0.39 is 0 Å². The summed E-state index contributed by atoms with van der Waals surface area (Å²) in [5.74, 6) is 0.476. The number of fused-ring (bicyclic) bond motifs is 1. The minimum atomic E-state index is -0.210. The summed E-state index contributed by atoms with van der Waals surface area (Å²) in [6, 6.07) is 16.3. The zero-order valence-electron chi connectivity index (χ0n) is 16.5. The number of ether oxygens (including phenoxy) is 1. The Bertz CT molecular complexity index is 948. The lowest BCUT2D eigenvalue weighted by Crippen LogP contribution is -2.13. The Morgan fingerprint density at radius 3 is 2.04 bits per heavy atom. The fourth-order valence-corrected chi connectivity index (χ4v) is 3.48. The first-order valence-corrected chi connectivity index (χ1v) is 9.13. The predicted molar refractivity (Wildman–Crippen MR) is 109 cm³/mol. The maximum Gasteiger partial charge on any atom is 0.130 e. The lowest BCUT2D eigenvalue weighted by molar-refractivity contribution is 0.412. The molecule has 136 valence electrons. The van der Waals surface area contributed by atoms with Crippen LogP contribution in [-0.2, 0) is 5.41 Å². The molecule has 0 aliphatic rings. The molecule has 0 heterocycles. The molecule has 0 saturated heterocycles. The second kappa shape index (κ2) is 6.75. The summed E-state index contributed by atoms with van der Waals surface area (Å²) in [5, 5.41) is 2.39. The van der Waals surface area contributed by atoms with Crippen LogP contribution < -0.4 is 4.74 Å². The molecule has 0 atom stereocenters. The van der Waals surface area contributed by atoms with Crippen molar-refractivity contribution in [3.8, 4) is 16.9 Å². The van der Waals surface area contributed by atoms with Crippen LogP contribution >= 0.6 is 0 Å². The minimum absolute atomic E-state index is 0.0449. The van der Waals surface area contributed by atoms with Gasteiger partial charge in [0, 0.05) is 11.6 Å². The Kier molecular flexibility index (Phi) is 4.79. The highest BCUT2D eigenvalue weighted by atomic mass is 19.1. The second-order valence-corrected chi connectivity index (χ2v) is 8.22. The average Bonchev–Trinajstić information content (AvgIpc) is 2.59. The molecular weight excluding hydrogens is 323 g/mol. The third kappa shape index (κ3) is 3.33. The van der Waals surface area contributed by atoms with Crippen LogP contribution in [0, 0.1) is 5.82 Å². The fourth-order valence-electron chi connectivity index (χ4n) is 3.48. The third-order valence-electron chi connectivity index (χ3n) is 4.92. The molecule has 0 aromatic heterocycles. The van der Waals surface area contributed by atoms with Gasteiger partial charge in [0.1, 0.15) is 11.6 Å². The summed E-state index contributed by atoms with van der Waals surface area (Å²) in [7, 11) is 1.60. The normalized spacial score (nSPS) is 12.0. The van der Waals surface area contributed by atoms with E-state index in [0.717, 1.165) is 11.1 Å². The van der Waals surface area contributed by atoms with E-state index in [-0.39, 0.29) is 17.2 Å². The van der Waals surface area contributed by atoms with Gasteiger partial charge in [0.25, 0.3) is 0 Å². The Morgan fingerprint density at radius 1 is 0.885 bits per heavy atom. The first-order valence-electron chi connectivity index (χ1n) is 9.13. The van der Waals surface area contributed by atoms with Gasteiger partial charge < -0.3 is 4.74 Å². The molecule has 0 unspecified atom stereocenters. The van der Waals surface area contributed by atoms with E-state index in [1.54, 1.807) is 7.11 Å². The van der Waals surface area contributed by atoms with Crippen molar-refractivity contribution in [2.75, 3.05) is 7.11 Å². The fraction of sp³-hybridized carbons (Fsp3) is 0.333. The van der Waals surface area contributed by atoms with Crippen LogP contribution in [0.5, 0.6) is 5.75 Å². The number of methoxy groups -OCH3 is 1. The van der Waals surface area contributed by atoms with Crippen molar-refractivity contribution in [3.63, 3.8) is 0 Å². The molecule has 3 aromatic carbocycles. The van der Waals surface area contributed by atoms with Crippen molar-refractivity contribution in [2.24, 2.45) is 0 Å². The monoisotopic (exact) mass is 350 g/mol. The molecule has 2 heteroatoms. The van der Waals surface area contributed by atoms with Crippen LogP contribution in [0.2, 0.25) is 0 Å². The number of hydrogen-bond acceptors (Lipinski definition) is 1. The van der Waals surface area contributed by atoms with Crippen LogP contribution in [-0.4, -0.2) is 7.11 Å². The molecule has 0 radical (unpaired) electrons. The lowest BCUT2D eigenvalue weighted by atomic mass is 9.80. The Morgan fingerprint density at radius 2 is 1.50 bits per heavy atom. The van der Waals surface area contributed by atoms with Crippen molar-refractivity contribution in [3.05, 3.63) is 65.5 Å². The van der Waals surface area contributed by atoms with E-state index in [4.69, 9.17) is 4.74 Å². The van der Waals surface area contributed by atoms with Gasteiger partial charge in [0.2, 0.25) is 0 Å². The number of hydrogen-bond donors (Lipinski definition) is 0. The topological polar surface area (TPSA) is 9.23 Å².